The Labute approximate surface area is 344 Å². The topological polar surface area (TPSA) is 168 Å². The number of pyridine rings is 1. The number of benzene rings is 4. The van der Waals surface area contributed by atoms with Gasteiger partial charge in [0.05, 0.1) is 85.8 Å². The highest BCUT2D eigenvalue weighted by molar-refractivity contribution is 7.85. The first-order valence-corrected chi connectivity index (χ1v) is 21.3. The minimum absolute atomic E-state index is 0.262. The van der Waals surface area contributed by atoms with Crippen molar-refractivity contribution >= 4 is 67.2 Å². The molecule has 2 unspecified atom stereocenters. The highest BCUT2D eigenvalue weighted by Gasteiger charge is 2.22. The summed E-state index contributed by atoms with van der Waals surface area (Å²) in [5.74, 6) is 2.75. The van der Waals surface area contributed by atoms with Crippen LogP contribution < -0.4 is 34.9 Å². The number of ether oxygens (including phenoxy) is 6. The lowest BCUT2D eigenvalue weighted by Gasteiger charge is -2.24. The Bertz CT molecular complexity index is 2230. The van der Waals surface area contributed by atoms with Gasteiger partial charge in [-0.25, -0.2) is 14.0 Å². The van der Waals surface area contributed by atoms with Gasteiger partial charge in [-0.05, 0) is 53.4 Å². The lowest BCUT2D eigenvalue weighted by molar-refractivity contribution is 0.0285. The third-order valence-electron chi connectivity index (χ3n) is 8.65. The molecule has 14 nitrogen and oxygen atoms in total. The number of aromatic nitrogens is 1. The van der Waals surface area contributed by atoms with Crippen molar-refractivity contribution in [2.75, 3.05) is 87.0 Å². The van der Waals surface area contributed by atoms with Crippen LogP contribution in [-0.4, -0.2) is 85.8 Å². The largest absolute Gasteiger partial charge is 0.495 e. The van der Waals surface area contributed by atoms with Crippen molar-refractivity contribution in [2.45, 2.75) is 31.1 Å². The van der Waals surface area contributed by atoms with Gasteiger partial charge in [-0.15, -0.1) is 0 Å². The summed E-state index contributed by atoms with van der Waals surface area (Å²) in [4.78, 5) is 18.5. The van der Waals surface area contributed by atoms with Crippen molar-refractivity contribution in [1.29, 1.82) is 0 Å². The Balaban J connectivity index is 1.26. The molecule has 4 aromatic carbocycles. The van der Waals surface area contributed by atoms with Crippen molar-refractivity contribution in [3.8, 4) is 23.0 Å². The van der Waals surface area contributed by atoms with E-state index in [4.69, 9.17) is 28.4 Å². The Hall–Kier alpha value is -5.26. The van der Waals surface area contributed by atoms with E-state index in [2.05, 4.69) is 46.4 Å². The number of amides is 2. The van der Waals surface area contributed by atoms with Gasteiger partial charge in [-0.1, -0.05) is 45.0 Å². The van der Waals surface area contributed by atoms with Gasteiger partial charge in [-0.3, -0.25) is 4.21 Å². The maximum absolute atomic E-state index is 13.5. The second kappa shape index (κ2) is 20.9. The molecule has 2 atom stereocenters. The zero-order valence-corrected chi connectivity index (χ0v) is 35.4. The molecular weight excluding hydrogens is 783 g/mol. The SMILES string of the molecule is COCCOCCOCCS(=O)c1ccc(Nc2cc(Oc3ccc(NC(=O)Nc4cc(C(C)(C)C)cc(NS(C)=O)c4OC)c4ccccc34)ccn2)cc1OC. The average molecular weight is 834 g/mol. The minimum atomic E-state index is -1.37. The van der Waals surface area contributed by atoms with E-state index in [1.54, 1.807) is 49.7 Å². The first-order valence-electron chi connectivity index (χ1n) is 18.4. The molecule has 0 fully saturated rings. The van der Waals surface area contributed by atoms with Crippen LogP contribution in [0, 0.1) is 0 Å². The first kappa shape index (κ1) is 43.9. The summed E-state index contributed by atoms with van der Waals surface area (Å²) < 4.78 is 61.6. The number of anilines is 5. The summed E-state index contributed by atoms with van der Waals surface area (Å²) in [6.07, 6.45) is 3.16. The van der Waals surface area contributed by atoms with Gasteiger partial charge >= 0.3 is 6.03 Å². The van der Waals surface area contributed by atoms with Crippen LogP contribution in [0.4, 0.5) is 33.4 Å². The molecule has 1 aromatic heterocycles. The Kier molecular flexibility index (Phi) is 15.8. The molecule has 4 N–H and O–H groups in total. The van der Waals surface area contributed by atoms with E-state index < -0.39 is 27.8 Å². The van der Waals surface area contributed by atoms with Crippen LogP contribution in [0.25, 0.3) is 10.8 Å². The zero-order chi connectivity index (χ0) is 41.7. The molecule has 0 radical (unpaired) electrons. The van der Waals surface area contributed by atoms with E-state index in [-0.39, 0.29) is 5.41 Å². The summed E-state index contributed by atoms with van der Waals surface area (Å²) in [6, 6.07) is 23.2. The Morgan fingerprint density at radius 2 is 1.45 bits per heavy atom. The third kappa shape index (κ3) is 12.1. The molecule has 0 saturated heterocycles. The first-order chi connectivity index (χ1) is 27.9. The molecule has 1 heterocycles. The molecule has 0 saturated carbocycles. The molecule has 0 spiro atoms. The highest BCUT2D eigenvalue weighted by atomic mass is 32.2. The minimum Gasteiger partial charge on any atom is -0.495 e. The predicted molar refractivity (Wildman–Crippen MR) is 231 cm³/mol. The molecule has 5 rings (SSSR count). The number of hydrogen-bond acceptors (Lipinski definition) is 11. The second-order valence-electron chi connectivity index (χ2n) is 13.9. The standard InChI is InChI=1S/C42H51N5O9S2/c1-42(2,3)28-24-34(40(53-6)35(25-28)47-57(7)49)46-41(48)45-33-13-14-36(32-11-9-8-10-31(32)33)56-30-16-17-43-39(27-30)44-29-12-15-38(37(26-29)52-5)58(50)23-22-55-21-20-54-19-18-51-4/h8-17,24-27,47H,18-23H2,1-7H3,(H,43,44)(H2,45,46,48). The van der Waals surface area contributed by atoms with E-state index in [1.165, 1.54) is 20.5 Å². The van der Waals surface area contributed by atoms with E-state index >= 15 is 0 Å². The molecule has 0 aliphatic heterocycles. The Morgan fingerprint density at radius 1 is 0.741 bits per heavy atom. The fraction of sp³-hybridized carbons (Fsp3) is 0.333. The van der Waals surface area contributed by atoms with Gasteiger partial charge in [0.2, 0.25) is 0 Å². The van der Waals surface area contributed by atoms with Gasteiger partial charge in [0.1, 0.15) is 34.1 Å². The van der Waals surface area contributed by atoms with Crippen molar-refractivity contribution in [3.05, 3.63) is 90.6 Å². The summed E-state index contributed by atoms with van der Waals surface area (Å²) in [5.41, 5.74) is 2.83. The Morgan fingerprint density at radius 3 is 2.16 bits per heavy atom. The maximum atomic E-state index is 13.5. The highest BCUT2D eigenvalue weighted by Crippen LogP contribution is 2.40. The maximum Gasteiger partial charge on any atom is 0.323 e. The molecule has 0 bridgehead atoms. The van der Waals surface area contributed by atoms with Crippen LogP contribution in [0.3, 0.4) is 0 Å². The number of methoxy groups -OCH3 is 3. The summed E-state index contributed by atoms with van der Waals surface area (Å²) in [5, 5.41) is 10.7. The predicted octanol–water partition coefficient (Wildman–Crippen LogP) is 8.22. The monoisotopic (exact) mass is 833 g/mol. The number of nitrogens with zero attached hydrogens (tertiary/aromatic N) is 1. The molecule has 16 heteroatoms. The van der Waals surface area contributed by atoms with E-state index in [0.717, 1.165) is 16.3 Å². The van der Waals surface area contributed by atoms with E-state index in [1.807, 2.05) is 42.5 Å². The van der Waals surface area contributed by atoms with Crippen LogP contribution in [0.15, 0.2) is 90.0 Å². The average Bonchev–Trinajstić information content (AvgIpc) is 3.19. The number of nitrogens with one attached hydrogen (secondary N) is 4. The number of carbonyl (C=O) groups excluding carboxylic acids is 1. The third-order valence-corrected chi connectivity index (χ3v) is 10.5. The van der Waals surface area contributed by atoms with Crippen LogP contribution in [0.2, 0.25) is 0 Å². The number of carbonyl (C=O) groups is 1. The van der Waals surface area contributed by atoms with E-state index in [0.29, 0.717) is 95.2 Å². The number of rotatable bonds is 20. The molecule has 2 amide bonds. The molecule has 0 aliphatic carbocycles. The second-order valence-corrected chi connectivity index (χ2v) is 16.5. The lowest BCUT2D eigenvalue weighted by atomic mass is 9.86. The zero-order valence-electron chi connectivity index (χ0n) is 33.8. The van der Waals surface area contributed by atoms with Crippen molar-refractivity contribution < 1.29 is 41.6 Å². The quantitative estimate of drug-likeness (QED) is 0.0558. The van der Waals surface area contributed by atoms with Crippen molar-refractivity contribution in [2.24, 2.45) is 0 Å². The fourth-order valence-corrected chi connectivity index (χ4v) is 7.35. The molecule has 310 valence electrons. The summed E-state index contributed by atoms with van der Waals surface area (Å²) in [7, 11) is 1.94. The van der Waals surface area contributed by atoms with Gasteiger partial charge in [0, 0.05) is 48.2 Å². The molecular formula is C42H51N5O9S2. The van der Waals surface area contributed by atoms with Crippen LogP contribution in [-0.2, 0) is 41.4 Å². The van der Waals surface area contributed by atoms with Gasteiger partial charge in [-0.2, -0.15) is 0 Å². The number of hydrogen-bond donors (Lipinski definition) is 4. The summed E-state index contributed by atoms with van der Waals surface area (Å²) >= 11 is 0. The molecule has 5 aromatic rings. The smallest absolute Gasteiger partial charge is 0.323 e. The normalized spacial score (nSPS) is 12.4. The van der Waals surface area contributed by atoms with Crippen molar-refractivity contribution in [3.63, 3.8) is 0 Å². The molecule has 58 heavy (non-hydrogen) atoms. The van der Waals surface area contributed by atoms with Gasteiger partial charge in [0.25, 0.3) is 0 Å². The summed E-state index contributed by atoms with van der Waals surface area (Å²) in [6.45, 7) is 8.34. The molecule has 0 aliphatic rings. The fourth-order valence-electron chi connectivity index (χ4n) is 5.81. The number of urea groups is 1. The van der Waals surface area contributed by atoms with Crippen LogP contribution >= 0.6 is 0 Å². The van der Waals surface area contributed by atoms with Crippen LogP contribution in [0.1, 0.15) is 26.3 Å². The van der Waals surface area contributed by atoms with Crippen molar-refractivity contribution in [1.82, 2.24) is 4.98 Å². The van der Waals surface area contributed by atoms with Gasteiger partial charge in [0.15, 0.2) is 5.75 Å². The van der Waals surface area contributed by atoms with Crippen LogP contribution in [0.5, 0.6) is 23.0 Å². The van der Waals surface area contributed by atoms with Gasteiger partial charge < -0.3 is 49.1 Å². The number of fused-ring (bicyclic) bond motifs is 1. The lowest BCUT2D eigenvalue weighted by Crippen LogP contribution is -2.21. The van der Waals surface area contributed by atoms with E-state index in [9.17, 15) is 13.2 Å².